The number of aromatic amines is 1. The van der Waals surface area contributed by atoms with Gasteiger partial charge in [-0.3, -0.25) is 14.7 Å². The van der Waals surface area contributed by atoms with Crippen molar-refractivity contribution in [1.82, 2.24) is 15.1 Å². The summed E-state index contributed by atoms with van der Waals surface area (Å²) in [6.45, 7) is 4.68. The average Bonchev–Trinajstić information content (AvgIpc) is 3.03. The molecule has 0 aliphatic carbocycles. The van der Waals surface area contributed by atoms with E-state index in [1.807, 2.05) is 30.9 Å². The summed E-state index contributed by atoms with van der Waals surface area (Å²) >= 11 is 0. The van der Waals surface area contributed by atoms with Gasteiger partial charge in [0.15, 0.2) is 0 Å². The molecule has 6 nitrogen and oxygen atoms in total. The van der Waals surface area contributed by atoms with Crippen molar-refractivity contribution in [1.29, 1.82) is 0 Å². The molecule has 1 fully saturated rings. The van der Waals surface area contributed by atoms with Crippen LogP contribution in [0.1, 0.15) is 63.0 Å². The van der Waals surface area contributed by atoms with E-state index >= 15 is 0 Å². The number of nitrogens with zero attached hydrogens (tertiary/aromatic N) is 2. The minimum absolute atomic E-state index is 0.0155. The summed E-state index contributed by atoms with van der Waals surface area (Å²) in [5, 5.41) is 6.82. The summed E-state index contributed by atoms with van der Waals surface area (Å²) in [7, 11) is 0. The van der Waals surface area contributed by atoms with Crippen molar-refractivity contribution in [3.63, 3.8) is 0 Å². The van der Waals surface area contributed by atoms with Gasteiger partial charge in [0.2, 0.25) is 0 Å². The van der Waals surface area contributed by atoms with Crippen LogP contribution < -0.4 is 5.73 Å². The van der Waals surface area contributed by atoms with Gasteiger partial charge in [0, 0.05) is 12.1 Å². The molecule has 2 heterocycles. The predicted molar refractivity (Wildman–Crippen MR) is 90.7 cm³/mol. The number of H-pyrrole nitrogens is 1. The van der Waals surface area contributed by atoms with Crippen molar-refractivity contribution in [2.75, 3.05) is 6.54 Å². The van der Waals surface area contributed by atoms with Crippen LogP contribution in [0.4, 0.5) is 0 Å². The molecular weight excluding hydrogens is 304 g/mol. The Balaban J connectivity index is 1.91. The first kappa shape index (κ1) is 16.2. The van der Waals surface area contributed by atoms with Gasteiger partial charge in [-0.05, 0) is 51.3 Å². The molecule has 0 bridgehead atoms. The lowest BCUT2D eigenvalue weighted by Crippen LogP contribution is -2.38. The molecule has 2 aromatic rings. The summed E-state index contributed by atoms with van der Waals surface area (Å²) in [4.78, 5) is 26.2. The molecule has 2 amide bonds. The van der Waals surface area contributed by atoms with Crippen molar-refractivity contribution < 1.29 is 9.59 Å². The Bertz CT molecular complexity index is 761. The highest BCUT2D eigenvalue weighted by molar-refractivity contribution is 5.95. The fourth-order valence-corrected chi connectivity index (χ4v) is 3.40. The molecule has 1 aliphatic rings. The summed E-state index contributed by atoms with van der Waals surface area (Å²) in [6.07, 6.45) is 2.85. The van der Waals surface area contributed by atoms with Crippen LogP contribution in [-0.2, 0) is 0 Å². The van der Waals surface area contributed by atoms with Crippen LogP contribution in [0.2, 0.25) is 0 Å². The maximum Gasteiger partial charge on any atom is 0.269 e. The number of hydrogen-bond donors (Lipinski definition) is 2. The molecule has 1 atom stereocenters. The fourth-order valence-electron chi connectivity index (χ4n) is 3.40. The first-order valence-corrected chi connectivity index (χ1v) is 8.20. The van der Waals surface area contributed by atoms with Gasteiger partial charge >= 0.3 is 0 Å². The zero-order chi connectivity index (χ0) is 17.3. The molecule has 1 aromatic carbocycles. The summed E-state index contributed by atoms with van der Waals surface area (Å²) in [5.41, 5.74) is 9.09. The number of likely N-dealkylation sites (tertiary alicyclic amines) is 1. The second-order valence-corrected chi connectivity index (χ2v) is 6.46. The Labute approximate surface area is 141 Å². The van der Waals surface area contributed by atoms with E-state index in [1.54, 1.807) is 6.07 Å². The molecule has 126 valence electrons. The van der Waals surface area contributed by atoms with E-state index in [0.717, 1.165) is 36.1 Å². The van der Waals surface area contributed by atoms with Gasteiger partial charge in [-0.2, -0.15) is 5.10 Å². The zero-order valence-electron chi connectivity index (χ0n) is 14.0. The van der Waals surface area contributed by atoms with E-state index in [-0.39, 0.29) is 17.6 Å². The van der Waals surface area contributed by atoms with E-state index in [1.165, 1.54) is 0 Å². The number of benzene rings is 1. The van der Waals surface area contributed by atoms with Gasteiger partial charge in [0.25, 0.3) is 11.8 Å². The SMILES string of the molecule is Cc1cc(C)cc(C(=O)N2CCCCC2c2cc(C(N)=O)n[nH]2)c1. The minimum atomic E-state index is -0.569. The number of aryl methyl sites for hydroxylation is 2. The largest absolute Gasteiger partial charge is 0.364 e. The highest BCUT2D eigenvalue weighted by Crippen LogP contribution is 2.31. The molecular formula is C18H22N4O2. The second-order valence-electron chi connectivity index (χ2n) is 6.46. The van der Waals surface area contributed by atoms with Crippen molar-refractivity contribution >= 4 is 11.8 Å². The first-order valence-electron chi connectivity index (χ1n) is 8.20. The first-order chi connectivity index (χ1) is 11.5. The monoisotopic (exact) mass is 326 g/mol. The van der Waals surface area contributed by atoms with Crippen LogP contribution in [-0.4, -0.2) is 33.5 Å². The maximum absolute atomic E-state index is 13.0. The third-order valence-electron chi connectivity index (χ3n) is 4.44. The van der Waals surface area contributed by atoms with Gasteiger partial charge in [-0.1, -0.05) is 17.2 Å². The Hall–Kier alpha value is -2.63. The summed E-state index contributed by atoms with van der Waals surface area (Å²) in [6, 6.07) is 7.44. The number of primary amides is 1. The van der Waals surface area contributed by atoms with E-state index in [9.17, 15) is 9.59 Å². The van der Waals surface area contributed by atoms with E-state index in [2.05, 4.69) is 16.3 Å². The van der Waals surface area contributed by atoms with Crippen molar-refractivity contribution in [3.05, 3.63) is 52.3 Å². The summed E-state index contributed by atoms with van der Waals surface area (Å²) in [5.74, 6) is -0.554. The number of nitrogens with one attached hydrogen (secondary N) is 1. The number of nitrogens with two attached hydrogens (primary N) is 1. The Morgan fingerprint density at radius 2 is 1.88 bits per heavy atom. The third kappa shape index (κ3) is 3.18. The normalized spacial score (nSPS) is 17.8. The highest BCUT2D eigenvalue weighted by Gasteiger charge is 2.30. The molecule has 3 N–H and O–H groups in total. The third-order valence-corrected chi connectivity index (χ3v) is 4.44. The number of amides is 2. The van der Waals surface area contributed by atoms with Crippen LogP contribution in [0, 0.1) is 13.8 Å². The van der Waals surface area contributed by atoms with E-state index < -0.39 is 5.91 Å². The topological polar surface area (TPSA) is 92.1 Å². The second kappa shape index (κ2) is 6.47. The maximum atomic E-state index is 13.0. The molecule has 0 saturated carbocycles. The fraction of sp³-hybridized carbons (Fsp3) is 0.389. The number of hydrogen-bond acceptors (Lipinski definition) is 3. The van der Waals surface area contributed by atoms with Crippen LogP contribution in [0.25, 0.3) is 0 Å². The Kier molecular flexibility index (Phi) is 4.38. The molecule has 3 rings (SSSR count). The number of carbonyl (C=O) groups is 2. The highest BCUT2D eigenvalue weighted by atomic mass is 16.2. The van der Waals surface area contributed by atoms with Crippen molar-refractivity contribution in [3.8, 4) is 0 Å². The van der Waals surface area contributed by atoms with Crippen molar-refractivity contribution in [2.45, 2.75) is 39.2 Å². The number of aromatic nitrogens is 2. The lowest BCUT2D eigenvalue weighted by Gasteiger charge is -2.35. The van der Waals surface area contributed by atoms with Crippen LogP contribution in [0.5, 0.6) is 0 Å². The zero-order valence-corrected chi connectivity index (χ0v) is 14.0. The lowest BCUT2D eigenvalue weighted by molar-refractivity contribution is 0.0606. The molecule has 1 unspecified atom stereocenters. The van der Waals surface area contributed by atoms with Crippen LogP contribution in [0.3, 0.4) is 0 Å². The lowest BCUT2D eigenvalue weighted by atomic mass is 9.97. The van der Waals surface area contributed by atoms with Gasteiger partial charge in [0.1, 0.15) is 5.69 Å². The van der Waals surface area contributed by atoms with Gasteiger partial charge < -0.3 is 10.6 Å². The predicted octanol–water partition coefficient (Wildman–Crippen LogP) is 2.49. The van der Waals surface area contributed by atoms with Gasteiger partial charge in [-0.25, -0.2) is 0 Å². The molecule has 1 aromatic heterocycles. The molecule has 1 saturated heterocycles. The smallest absolute Gasteiger partial charge is 0.269 e. The molecule has 6 heteroatoms. The molecule has 0 radical (unpaired) electrons. The standard InChI is InChI=1S/C18H22N4O2/c1-11-7-12(2)9-13(8-11)18(24)22-6-4-3-5-16(22)14-10-15(17(19)23)21-20-14/h7-10,16H,3-6H2,1-2H3,(H2,19,23)(H,20,21). The average molecular weight is 326 g/mol. The number of rotatable bonds is 3. The van der Waals surface area contributed by atoms with Crippen molar-refractivity contribution in [2.24, 2.45) is 5.73 Å². The van der Waals surface area contributed by atoms with Crippen LogP contribution >= 0.6 is 0 Å². The van der Waals surface area contributed by atoms with Crippen LogP contribution in [0.15, 0.2) is 24.3 Å². The van der Waals surface area contributed by atoms with E-state index in [0.29, 0.717) is 12.1 Å². The molecule has 0 spiro atoms. The van der Waals surface area contributed by atoms with Gasteiger partial charge in [0.05, 0.1) is 11.7 Å². The van der Waals surface area contributed by atoms with Gasteiger partial charge in [-0.15, -0.1) is 0 Å². The molecule has 24 heavy (non-hydrogen) atoms. The van der Waals surface area contributed by atoms with E-state index in [4.69, 9.17) is 5.73 Å². The summed E-state index contributed by atoms with van der Waals surface area (Å²) < 4.78 is 0. The minimum Gasteiger partial charge on any atom is -0.364 e. The molecule has 1 aliphatic heterocycles. The number of piperidine rings is 1. The Morgan fingerprint density at radius 3 is 2.50 bits per heavy atom. The Morgan fingerprint density at radius 1 is 1.17 bits per heavy atom. The quantitative estimate of drug-likeness (QED) is 0.907. The number of carbonyl (C=O) groups excluding carboxylic acids is 2.